The van der Waals surface area contributed by atoms with Gasteiger partial charge in [0.05, 0.1) is 5.41 Å². The summed E-state index contributed by atoms with van der Waals surface area (Å²) in [7, 11) is 0. The Labute approximate surface area is 130 Å². The van der Waals surface area contributed by atoms with E-state index in [0.717, 1.165) is 37.0 Å². The highest BCUT2D eigenvalue weighted by Crippen LogP contribution is 2.27. The molecule has 1 amide bonds. The lowest BCUT2D eigenvalue weighted by Crippen LogP contribution is -2.39. The molecule has 0 aliphatic carbocycles. The Kier molecular flexibility index (Phi) is 7.43. The van der Waals surface area contributed by atoms with Crippen LogP contribution in [0.1, 0.15) is 57.2 Å². The number of nitrogens with one attached hydrogen (secondary N) is 1. The number of carbonyl (C=O) groups excluding carboxylic acids is 1. The molecule has 1 heterocycles. The van der Waals surface area contributed by atoms with Crippen LogP contribution in [-0.4, -0.2) is 23.5 Å². The maximum atomic E-state index is 12.2. The Balaban J connectivity index is 2.12. The van der Waals surface area contributed by atoms with Gasteiger partial charge in [-0.05, 0) is 38.1 Å². The van der Waals surface area contributed by atoms with Crippen LogP contribution >= 0.6 is 11.3 Å². The van der Waals surface area contributed by atoms with Crippen molar-refractivity contribution in [2.24, 2.45) is 0 Å². The fourth-order valence-electron chi connectivity index (χ4n) is 2.10. The van der Waals surface area contributed by atoms with Gasteiger partial charge in [-0.3, -0.25) is 9.59 Å². The van der Waals surface area contributed by atoms with Crippen molar-refractivity contribution in [1.82, 2.24) is 5.32 Å². The van der Waals surface area contributed by atoms with Crippen LogP contribution in [0.4, 0.5) is 0 Å². The molecule has 0 aromatic carbocycles. The zero-order valence-electron chi connectivity index (χ0n) is 12.9. The molecule has 1 rings (SSSR count). The van der Waals surface area contributed by atoms with Gasteiger partial charge in [-0.25, -0.2) is 0 Å². The molecule has 0 aliphatic heterocycles. The summed E-state index contributed by atoms with van der Waals surface area (Å²) >= 11 is 1.60. The highest BCUT2D eigenvalue weighted by molar-refractivity contribution is 7.10. The average molecular weight is 311 g/mol. The molecule has 0 unspecified atom stereocenters. The van der Waals surface area contributed by atoms with Gasteiger partial charge in [0.15, 0.2) is 0 Å². The normalized spacial score (nSPS) is 11.3. The first-order valence-electron chi connectivity index (χ1n) is 7.48. The van der Waals surface area contributed by atoms with E-state index in [1.807, 2.05) is 31.4 Å². The molecule has 1 aromatic rings. The van der Waals surface area contributed by atoms with E-state index in [1.165, 1.54) is 0 Å². The SMILES string of the molecule is CC(C)(C(=O)NCCCCCCCC(=O)O)c1cccs1. The number of hydrogen-bond donors (Lipinski definition) is 2. The summed E-state index contributed by atoms with van der Waals surface area (Å²) in [5, 5.41) is 13.5. The Morgan fingerprint density at radius 3 is 2.48 bits per heavy atom. The van der Waals surface area contributed by atoms with Crippen molar-refractivity contribution in [1.29, 1.82) is 0 Å². The van der Waals surface area contributed by atoms with Gasteiger partial charge in [0.25, 0.3) is 0 Å². The number of unbranched alkanes of at least 4 members (excludes halogenated alkanes) is 4. The molecular formula is C16H25NO3S. The monoisotopic (exact) mass is 311 g/mol. The van der Waals surface area contributed by atoms with Gasteiger partial charge < -0.3 is 10.4 Å². The van der Waals surface area contributed by atoms with Crippen molar-refractivity contribution in [3.63, 3.8) is 0 Å². The minimum Gasteiger partial charge on any atom is -0.481 e. The first-order chi connectivity index (χ1) is 9.94. The maximum absolute atomic E-state index is 12.2. The van der Waals surface area contributed by atoms with Crippen LogP contribution in [0.5, 0.6) is 0 Å². The Morgan fingerprint density at radius 1 is 1.19 bits per heavy atom. The molecule has 118 valence electrons. The average Bonchev–Trinajstić information content (AvgIpc) is 2.95. The largest absolute Gasteiger partial charge is 0.481 e. The molecule has 0 atom stereocenters. The van der Waals surface area contributed by atoms with Crippen LogP contribution in [0.2, 0.25) is 0 Å². The predicted molar refractivity (Wildman–Crippen MR) is 85.7 cm³/mol. The number of aliphatic carboxylic acids is 1. The van der Waals surface area contributed by atoms with Gasteiger partial charge in [-0.2, -0.15) is 0 Å². The van der Waals surface area contributed by atoms with Gasteiger partial charge in [0.2, 0.25) is 5.91 Å². The van der Waals surface area contributed by atoms with Crippen LogP contribution in [0.3, 0.4) is 0 Å². The molecule has 0 fully saturated rings. The lowest BCUT2D eigenvalue weighted by molar-refractivity contribution is -0.137. The summed E-state index contributed by atoms with van der Waals surface area (Å²) in [6.07, 6.45) is 4.94. The fourth-order valence-corrected chi connectivity index (χ4v) is 2.95. The van der Waals surface area contributed by atoms with Gasteiger partial charge in [-0.1, -0.05) is 25.3 Å². The summed E-state index contributed by atoms with van der Waals surface area (Å²) in [4.78, 5) is 23.6. The summed E-state index contributed by atoms with van der Waals surface area (Å²) in [5.41, 5.74) is -0.477. The van der Waals surface area contributed by atoms with Crippen molar-refractivity contribution in [3.05, 3.63) is 22.4 Å². The Hall–Kier alpha value is -1.36. The molecule has 0 spiro atoms. The van der Waals surface area contributed by atoms with Crippen molar-refractivity contribution in [2.75, 3.05) is 6.54 Å². The van der Waals surface area contributed by atoms with Crippen molar-refractivity contribution in [3.8, 4) is 0 Å². The van der Waals surface area contributed by atoms with Gasteiger partial charge in [0.1, 0.15) is 0 Å². The van der Waals surface area contributed by atoms with Crippen molar-refractivity contribution >= 4 is 23.2 Å². The molecule has 0 radical (unpaired) electrons. The summed E-state index contributed by atoms with van der Waals surface area (Å²) in [5.74, 6) is -0.658. The number of amides is 1. The fraction of sp³-hybridized carbons (Fsp3) is 0.625. The third-order valence-electron chi connectivity index (χ3n) is 3.56. The number of thiophene rings is 1. The smallest absolute Gasteiger partial charge is 0.303 e. The molecule has 2 N–H and O–H groups in total. The second-order valence-electron chi connectivity index (χ2n) is 5.77. The first-order valence-corrected chi connectivity index (χ1v) is 8.36. The van der Waals surface area contributed by atoms with Gasteiger partial charge >= 0.3 is 5.97 Å². The summed E-state index contributed by atoms with van der Waals surface area (Å²) < 4.78 is 0. The van der Waals surface area contributed by atoms with Gasteiger partial charge in [0, 0.05) is 17.8 Å². The summed E-state index contributed by atoms with van der Waals surface area (Å²) in [6.45, 7) is 4.58. The van der Waals surface area contributed by atoms with Crippen LogP contribution in [0.15, 0.2) is 17.5 Å². The molecular weight excluding hydrogens is 286 g/mol. The second-order valence-corrected chi connectivity index (χ2v) is 6.72. The lowest BCUT2D eigenvalue weighted by Gasteiger charge is -2.22. The standard InChI is InChI=1S/C16H25NO3S/c1-16(2,13-9-8-12-21-13)15(20)17-11-7-5-3-4-6-10-14(18)19/h8-9,12H,3-7,10-11H2,1-2H3,(H,17,20)(H,18,19). The van der Waals surface area contributed by atoms with E-state index in [1.54, 1.807) is 11.3 Å². The highest BCUT2D eigenvalue weighted by atomic mass is 32.1. The van der Waals surface area contributed by atoms with Crippen LogP contribution in [0.25, 0.3) is 0 Å². The van der Waals surface area contributed by atoms with E-state index in [0.29, 0.717) is 6.54 Å². The molecule has 0 aliphatic rings. The predicted octanol–water partition coefficient (Wildman–Crippen LogP) is 3.57. The molecule has 4 nitrogen and oxygen atoms in total. The zero-order valence-corrected chi connectivity index (χ0v) is 13.7. The number of carbonyl (C=O) groups is 2. The molecule has 5 heteroatoms. The molecule has 0 saturated heterocycles. The third-order valence-corrected chi connectivity index (χ3v) is 4.75. The van der Waals surface area contributed by atoms with Gasteiger partial charge in [-0.15, -0.1) is 11.3 Å². The second kappa shape index (κ2) is 8.82. The van der Waals surface area contributed by atoms with Crippen LogP contribution < -0.4 is 5.32 Å². The lowest BCUT2D eigenvalue weighted by atomic mass is 9.90. The highest BCUT2D eigenvalue weighted by Gasteiger charge is 2.30. The molecule has 0 bridgehead atoms. The topological polar surface area (TPSA) is 66.4 Å². The van der Waals surface area contributed by atoms with E-state index in [-0.39, 0.29) is 12.3 Å². The number of hydrogen-bond acceptors (Lipinski definition) is 3. The molecule has 1 aromatic heterocycles. The molecule has 21 heavy (non-hydrogen) atoms. The minimum absolute atomic E-state index is 0.0656. The van der Waals surface area contributed by atoms with Crippen LogP contribution in [-0.2, 0) is 15.0 Å². The Morgan fingerprint density at radius 2 is 1.86 bits per heavy atom. The maximum Gasteiger partial charge on any atom is 0.303 e. The van der Waals surface area contributed by atoms with Crippen LogP contribution in [0, 0.1) is 0 Å². The van der Waals surface area contributed by atoms with Crippen molar-refractivity contribution in [2.45, 2.75) is 57.8 Å². The number of carboxylic acids is 1. The van der Waals surface area contributed by atoms with E-state index in [4.69, 9.17) is 5.11 Å². The van der Waals surface area contributed by atoms with Crippen molar-refractivity contribution < 1.29 is 14.7 Å². The van der Waals surface area contributed by atoms with E-state index in [9.17, 15) is 9.59 Å². The van der Waals surface area contributed by atoms with E-state index in [2.05, 4.69) is 5.32 Å². The number of carboxylic acid groups (broad SMARTS) is 1. The summed E-state index contributed by atoms with van der Waals surface area (Å²) in [6, 6.07) is 3.96. The van der Waals surface area contributed by atoms with E-state index < -0.39 is 11.4 Å². The quantitative estimate of drug-likeness (QED) is 0.649. The number of rotatable bonds is 10. The first kappa shape index (κ1) is 17.7. The molecule has 0 saturated carbocycles. The minimum atomic E-state index is -0.724. The van der Waals surface area contributed by atoms with E-state index >= 15 is 0 Å². The zero-order chi connectivity index (χ0) is 15.7. The third kappa shape index (κ3) is 6.29. The Bertz CT molecular complexity index is 440.